The molecule has 0 saturated heterocycles. The van der Waals surface area contributed by atoms with Gasteiger partial charge in [0.15, 0.2) is 0 Å². The van der Waals surface area contributed by atoms with Crippen molar-refractivity contribution in [1.29, 1.82) is 0 Å². The molecule has 0 saturated carbocycles. The molecule has 46 heavy (non-hydrogen) atoms. The number of anilines is 1. The molecule has 6 aromatic carbocycles. The van der Waals surface area contributed by atoms with E-state index in [9.17, 15) is 0 Å². The lowest BCUT2D eigenvalue weighted by molar-refractivity contribution is 0.769. The fourth-order valence-corrected chi connectivity index (χ4v) is 7.08. The molecule has 0 aromatic heterocycles. The molecule has 1 aliphatic heterocycles. The number of fused-ring (bicyclic) bond motifs is 9. The predicted octanol–water partition coefficient (Wildman–Crippen LogP) is 11.8. The summed E-state index contributed by atoms with van der Waals surface area (Å²) >= 11 is 0. The van der Waals surface area contributed by atoms with Gasteiger partial charge in [0.1, 0.15) is 0 Å². The van der Waals surface area contributed by atoms with Gasteiger partial charge in [-0.15, -0.1) is 0 Å². The molecule has 6 aromatic rings. The number of rotatable bonds is 2. The smallest absolute Gasteiger partial charge is 0.0739 e. The van der Waals surface area contributed by atoms with Gasteiger partial charge in [-0.2, -0.15) is 0 Å². The van der Waals surface area contributed by atoms with Crippen LogP contribution in [0.5, 0.6) is 0 Å². The van der Waals surface area contributed by atoms with Crippen molar-refractivity contribution in [2.45, 2.75) is 19.3 Å². The van der Waals surface area contributed by atoms with Crippen LogP contribution in [-0.2, 0) is 5.41 Å². The van der Waals surface area contributed by atoms with E-state index >= 15 is 0 Å². The van der Waals surface area contributed by atoms with Crippen LogP contribution in [0.4, 0.5) is 5.69 Å². The van der Waals surface area contributed by atoms with Gasteiger partial charge in [-0.3, -0.25) is 0 Å². The van der Waals surface area contributed by atoms with Crippen molar-refractivity contribution >= 4 is 17.3 Å². The molecule has 1 heteroatoms. The number of hydrogen-bond donors (Lipinski definition) is 1. The summed E-state index contributed by atoms with van der Waals surface area (Å²) in [6.45, 7) is 4.00. The van der Waals surface area contributed by atoms with Crippen molar-refractivity contribution < 1.29 is 0 Å². The van der Waals surface area contributed by atoms with Crippen molar-refractivity contribution in [2.75, 3.05) is 5.32 Å². The van der Waals surface area contributed by atoms with Gasteiger partial charge in [0, 0.05) is 11.9 Å². The highest BCUT2D eigenvalue weighted by atomic mass is 14.8. The Morgan fingerprint density at radius 2 is 1.02 bits per heavy atom. The minimum atomic E-state index is -0.551. The van der Waals surface area contributed by atoms with Gasteiger partial charge in [0.05, 0.1) is 5.41 Å². The summed E-state index contributed by atoms with van der Waals surface area (Å²) < 4.78 is 0. The summed E-state index contributed by atoms with van der Waals surface area (Å²) in [7, 11) is 0. The monoisotopic (exact) mass is 591 g/mol. The second kappa shape index (κ2) is 12.8. The Bertz CT molecular complexity index is 2030. The van der Waals surface area contributed by atoms with E-state index in [1.807, 2.05) is 13.8 Å². The van der Waals surface area contributed by atoms with Gasteiger partial charge in [-0.25, -0.2) is 0 Å². The standard InChI is InChI=1S/C43H31N.C2H6/c1-3-14-31(15-4-1)33-18-13-29-44-42-24-12-11-23-40(42)43(38-21-9-7-19-36(38)37-20-8-10-22-39(37)43)41-30-35(28-27-34(41)26-25-33)32-16-5-2-6-17-32;1-2/h1-30,44H;1-2H3/b26-25-,29-13+,33-18+;. The van der Waals surface area contributed by atoms with Crippen LogP contribution in [0.25, 0.3) is 33.9 Å². The number of nitrogens with one attached hydrogen (secondary N) is 1. The van der Waals surface area contributed by atoms with Crippen molar-refractivity contribution in [3.63, 3.8) is 0 Å². The molecule has 0 fully saturated rings. The SMILES string of the molecule is C1=C/c2ccc(-c3ccccc3)cc2C2(c3ccccc3N/C=C/C=C\1c1ccccc1)c1ccccc1-c1ccccc12.CC. The second-order valence-corrected chi connectivity index (χ2v) is 11.4. The minimum absolute atomic E-state index is 0.551. The molecule has 1 spiro atoms. The van der Waals surface area contributed by atoms with Crippen LogP contribution in [0.1, 0.15) is 47.2 Å². The van der Waals surface area contributed by atoms with Crippen LogP contribution in [-0.4, -0.2) is 0 Å². The third-order valence-electron chi connectivity index (χ3n) is 9.01. The van der Waals surface area contributed by atoms with E-state index in [0.29, 0.717) is 0 Å². The quantitative estimate of drug-likeness (QED) is 0.211. The molecular weight excluding hydrogens is 555 g/mol. The first kappa shape index (κ1) is 29.1. The average Bonchev–Trinajstić information content (AvgIpc) is 3.43. The van der Waals surface area contributed by atoms with Gasteiger partial charge in [0.2, 0.25) is 0 Å². The zero-order valence-corrected chi connectivity index (χ0v) is 26.3. The normalized spacial score (nSPS) is 16.3. The first-order valence-corrected chi connectivity index (χ1v) is 16.2. The van der Waals surface area contributed by atoms with Crippen LogP contribution in [0.3, 0.4) is 0 Å². The van der Waals surface area contributed by atoms with E-state index in [4.69, 9.17) is 0 Å². The molecule has 8 rings (SSSR count). The molecule has 0 amide bonds. The van der Waals surface area contributed by atoms with Gasteiger partial charge in [0.25, 0.3) is 0 Å². The lowest BCUT2D eigenvalue weighted by Gasteiger charge is -2.37. The highest BCUT2D eigenvalue weighted by molar-refractivity contribution is 5.90. The van der Waals surface area contributed by atoms with Crippen molar-refractivity contribution in [1.82, 2.24) is 0 Å². The Kier molecular flexibility index (Phi) is 8.06. The Balaban J connectivity index is 0.00000166. The number of allylic oxidation sites excluding steroid dienone is 4. The highest BCUT2D eigenvalue weighted by Gasteiger charge is 2.48. The summed E-state index contributed by atoms with van der Waals surface area (Å²) in [5.74, 6) is 0. The molecule has 0 atom stereocenters. The van der Waals surface area contributed by atoms with Crippen LogP contribution in [0, 0.1) is 0 Å². The molecule has 222 valence electrons. The Morgan fingerprint density at radius 1 is 0.457 bits per heavy atom. The summed E-state index contributed by atoms with van der Waals surface area (Å²) in [6, 6.07) is 55.0. The second-order valence-electron chi connectivity index (χ2n) is 11.4. The number of hydrogen-bond acceptors (Lipinski definition) is 1. The minimum Gasteiger partial charge on any atom is -0.361 e. The van der Waals surface area contributed by atoms with Crippen LogP contribution < -0.4 is 5.32 Å². The zero-order valence-electron chi connectivity index (χ0n) is 26.3. The molecule has 1 aliphatic carbocycles. The maximum absolute atomic E-state index is 3.69. The average molecular weight is 592 g/mol. The van der Waals surface area contributed by atoms with Gasteiger partial charge in [-0.1, -0.05) is 172 Å². The van der Waals surface area contributed by atoms with Crippen LogP contribution in [0.15, 0.2) is 176 Å². The third kappa shape index (κ3) is 4.91. The highest BCUT2D eigenvalue weighted by Crippen LogP contribution is 2.58. The van der Waals surface area contributed by atoms with Gasteiger partial charge >= 0.3 is 0 Å². The van der Waals surface area contributed by atoms with E-state index in [1.165, 1.54) is 55.6 Å². The molecule has 1 heterocycles. The summed E-state index contributed by atoms with van der Waals surface area (Å²) in [4.78, 5) is 0. The van der Waals surface area contributed by atoms with Crippen molar-refractivity contribution in [2.24, 2.45) is 0 Å². The maximum Gasteiger partial charge on any atom is 0.0739 e. The summed E-state index contributed by atoms with van der Waals surface area (Å²) in [6.07, 6.45) is 10.9. The topological polar surface area (TPSA) is 12.0 Å². The Hall–Kier alpha value is -5.66. The maximum atomic E-state index is 3.69. The molecule has 0 radical (unpaired) electrons. The Labute approximate surface area is 272 Å². The number of benzene rings is 6. The lowest BCUT2D eigenvalue weighted by Crippen LogP contribution is -2.30. The van der Waals surface area contributed by atoms with E-state index in [2.05, 4.69) is 187 Å². The first-order valence-electron chi connectivity index (χ1n) is 16.2. The van der Waals surface area contributed by atoms with Gasteiger partial charge < -0.3 is 5.32 Å². The van der Waals surface area contributed by atoms with Gasteiger partial charge in [-0.05, 0) is 79.4 Å². The van der Waals surface area contributed by atoms with E-state index in [-0.39, 0.29) is 0 Å². The first-order chi connectivity index (χ1) is 22.8. The Morgan fingerprint density at radius 3 is 1.70 bits per heavy atom. The number of para-hydroxylation sites is 1. The van der Waals surface area contributed by atoms with Crippen LogP contribution >= 0.6 is 0 Å². The zero-order chi connectivity index (χ0) is 31.3. The van der Waals surface area contributed by atoms with Crippen LogP contribution in [0.2, 0.25) is 0 Å². The van der Waals surface area contributed by atoms with E-state index in [0.717, 1.165) is 11.3 Å². The van der Waals surface area contributed by atoms with Crippen molar-refractivity contribution in [3.05, 3.63) is 209 Å². The molecular formula is C45H37N. The lowest BCUT2D eigenvalue weighted by atomic mass is 9.65. The van der Waals surface area contributed by atoms with E-state index < -0.39 is 5.41 Å². The summed E-state index contributed by atoms with van der Waals surface area (Å²) in [5.41, 5.74) is 14.1. The third-order valence-corrected chi connectivity index (χ3v) is 9.01. The molecule has 0 bridgehead atoms. The molecule has 2 aliphatic rings. The fourth-order valence-electron chi connectivity index (χ4n) is 7.08. The molecule has 1 N–H and O–H groups in total. The van der Waals surface area contributed by atoms with E-state index in [1.54, 1.807) is 0 Å². The van der Waals surface area contributed by atoms with Crippen molar-refractivity contribution in [3.8, 4) is 22.3 Å². The predicted molar refractivity (Wildman–Crippen MR) is 197 cm³/mol. The fraction of sp³-hybridized carbons (Fsp3) is 0.0667. The largest absolute Gasteiger partial charge is 0.361 e. The molecule has 1 nitrogen and oxygen atoms in total. The molecule has 0 unspecified atom stereocenters. The summed E-state index contributed by atoms with van der Waals surface area (Å²) in [5, 5.41) is 3.69.